The van der Waals surface area contributed by atoms with E-state index in [9.17, 15) is 9.90 Å². The van der Waals surface area contributed by atoms with Gasteiger partial charge in [-0.25, -0.2) is 4.79 Å². The van der Waals surface area contributed by atoms with E-state index in [1.807, 2.05) is 25.8 Å². The van der Waals surface area contributed by atoms with Gasteiger partial charge in [-0.2, -0.15) is 0 Å². The molecule has 0 spiro atoms. The Balaban J connectivity index is 2.40. The number of quaternary nitrogens is 1. The van der Waals surface area contributed by atoms with Crippen molar-refractivity contribution in [3.8, 4) is 0 Å². The molecular formula is C18H37N2O3+. The standard InChI is InChI=1S/C18H36N2O3/c1-14(2)17(18(23)19-12-13-21)20(3)16(22)11-7-10-15-8-5-4-6-9-15/h14-17,21-22H,4-13H2,1-3H3,(H,19,23)/p+1. The maximum atomic E-state index is 12.3. The zero-order valence-corrected chi connectivity index (χ0v) is 15.2. The summed E-state index contributed by atoms with van der Waals surface area (Å²) in [7, 11) is 1.83. The Morgan fingerprint density at radius 3 is 2.48 bits per heavy atom. The molecule has 23 heavy (non-hydrogen) atoms. The van der Waals surface area contributed by atoms with Crippen molar-refractivity contribution in [3.63, 3.8) is 0 Å². The van der Waals surface area contributed by atoms with E-state index in [1.54, 1.807) is 5.32 Å². The third-order valence-corrected chi connectivity index (χ3v) is 5.11. The van der Waals surface area contributed by atoms with Crippen LogP contribution in [0.5, 0.6) is 0 Å². The largest absolute Gasteiger partial charge is 0.391 e. The van der Waals surface area contributed by atoms with Gasteiger partial charge in [-0.15, -0.1) is 0 Å². The fourth-order valence-electron chi connectivity index (χ4n) is 3.78. The van der Waals surface area contributed by atoms with E-state index < -0.39 is 6.23 Å². The lowest BCUT2D eigenvalue weighted by Gasteiger charge is -2.32. The van der Waals surface area contributed by atoms with Gasteiger partial charge in [-0.3, -0.25) is 10.2 Å². The zero-order chi connectivity index (χ0) is 17.2. The van der Waals surface area contributed by atoms with Gasteiger partial charge in [0.2, 0.25) is 0 Å². The third-order valence-electron chi connectivity index (χ3n) is 5.11. The van der Waals surface area contributed by atoms with Crippen molar-refractivity contribution in [2.75, 3.05) is 20.2 Å². The van der Waals surface area contributed by atoms with Crippen LogP contribution in [0.25, 0.3) is 0 Å². The third kappa shape index (κ3) is 7.29. The summed E-state index contributed by atoms with van der Waals surface area (Å²) in [6.45, 7) is 4.37. The van der Waals surface area contributed by atoms with E-state index in [0.717, 1.165) is 18.8 Å². The second kappa shape index (κ2) is 11.1. The van der Waals surface area contributed by atoms with Crippen molar-refractivity contribution in [1.29, 1.82) is 0 Å². The number of hydrogen-bond acceptors (Lipinski definition) is 4. The van der Waals surface area contributed by atoms with Crippen LogP contribution in [0, 0.1) is 11.8 Å². The van der Waals surface area contributed by atoms with Crippen LogP contribution in [-0.2, 0) is 4.79 Å². The first-order valence-corrected chi connectivity index (χ1v) is 9.35. The van der Waals surface area contributed by atoms with Crippen molar-refractivity contribution >= 4 is 5.91 Å². The summed E-state index contributed by atoms with van der Waals surface area (Å²) in [6, 6.07) is -0.314. The Bertz CT molecular complexity index is 330. The van der Waals surface area contributed by atoms with Crippen molar-refractivity contribution in [1.82, 2.24) is 4.90 Å². The fourth-order valence-corrected chi connectivity index (χ4v) is 3.78. The predicted molar refractivity (Wildman–Crippen MR) is 91.7 cm³/mol. The molecule has 1 rings (SSSR count). The monoisotopic (exact) mass is 329 g/mol. The van der Waals surface area contributed by atoms with Gasteiger partial charge < -0.3 is 10.2 Å². The maximum Gasteiger partial charge on any atom is 0.328 e. The molecule has 0 aromatic carbocycles. The maximum absolute atomic E-state index is 12.3. The Hall–Kier alpha value is -0.490. The first-order chi connectivity index (χ1) is 11.0. The lowest BCUT2D eigenvalue weighted by atomic mass is 9.85. The summed E-state index contributed by atoms with van der Waals surface area (Å²) < 4.78 is 0. The molecule has 2 atom stereocenters. The molecule has 2 unspecified atom stereocenters. The summed E-state index contributed by atoms with van der Waals surface area (Å²) in [5, 5.41) is 20.9. The number of carbonyl (C=O) groups excluding carboxylic acids is 1. The van der Waals surface area contributed by atoms with Crippen LogP contribution >= 0.6 is 0 Å². The molecule has 4 N–H and O–H groups in total. The second-order valence-electron chi connectivity index (χ2n) is 7.39. The summed E-state index contributed by atoms with van der Waals surface area (Å²) in [5.74, 6) is 0.972. The SMILES string of the molecule is CC(C)C(C(=O)[NH2+]CCO)N(C)C(O)CCCC1CCCCC1. The van der Waals surface area contributed by atoms with Crippen LogP contribution in [-0.4, -0.2) is 53.5 Å². The molecule has 1 amide bonds. The molecule has 1 aliphatic rings. The quantitative estimate of drug-likeness (QED) is 0.525. The van der Waals surface area contributed by atoms with Gasteiger partial charge in [0, 0.05) is 0 Å². The minimum Gasteiger partial charge on any atom is -0.391 e. The van der Waals surface area contributed by atoms with Crippen molar-refractivity contribution in [3.05, 3.63) is 0 Å². The van der Waals surface area contributed by atoms with Crippen molar-refractivity contribution < 1.29 is 20.3 Å². The van der Waals surface area contributed by atoms with Crippen LogP contribution < -0.4 is 5.32 Å². The number of rotatable bonds is 10. The van der Waals surface area contributed by atoms with E-state index in [2.05, 4.69) is 0 Å². The van der Waals surface area contributed by atoms with E-state index in [1.165, 1.54) is 38.5 Å². The Morgan fingerprint density at radius 2 is 1.91 bits per heavy atom. The number of aliphatic hydroxyl groups is 2. The number of primary amides is 1. The van der Waals surface area contributed by atoms with Crippen molar-refractivity contribution in [2.24, 2.45) is 11.8 Å². The van der Waals surface area contributed by atoms with Crippen LogP contribution in [0.1, 0.15) is 65.2 Å². The topological polar surface area (TPSA) is 77.4 Å². The number of nitrogens with two attached hydrogens (primary N) is 1. The molecule has 5 heteroatoms. The van der Waals surface area contributed by atoms with Crippen LogP contribution in [0.3, 0.4) is 0 Å². The normalized spacial score (nSPS) is 19.3. The highest BCUT2D eigenvalue weighted by Crippen LogP contribution is 2.28. The minimum absolute atomic E-state index is 0.00267. The van der Waals surface area contributed by atoms with E-state index in [-0.39, 0.29) is 24.5 Å². The minimum atomic E-state index is -0.572. The molecular weight excluding hydrogens is 292 g/mol. The molecule has 0 radical (unpaired) electrons. The first kappa shape index (κ1) is 20.6. The number of likely N-dealkylation sites (N-methyl/N-ethyl adjacent to an activating group) is 1. The smallest absolute Gasteiger partial charge is 0.328 e. The Kier molecular flexibility index (Phi) is 9.95. The molecule has 5 nitrogen and oxygen atoms in total. The molecule has 0 saturated heterocycles. The number of aliphatic hydroxyl groups excluding tert-OH is 2. The molecule has 1 saturated carbocycles. The highest BCUT2D eigenvalue weighted by atomic mass is 16.3. The number of hydrogen-bond donors (Lipinski definition) is 3. The first-order valence-electron chi connectivity index (χ1n) is 9.35. The Labute approximate surface area is 141 Å². The van der Waals surface area contributed by atoms with Gasteiger partial charge >= 0.3 is 5.91 Å². The lowest BCUT2D eigenvalue weighted by Crippen LogP contribution is -2.92. The summed E-state index contributed by atoms with van der Waals surface area (Å²) >= 11 is 0. The average molecular weight is 330 g/mol. The van der Waals surface area contributed by atoms with Gasteiger partial charge in [-0.1, -0.05) is 52.4 Å². The van der Waals surface area contributed by atoms with E-state index in [0.29, 0.717) is 6.54 Å². The number of nitrogens with zero attached hydrogens (tertiary/aromatic N) is 1. The van der Waals surface area contributed by atoms with Crippen LogP contribution in [0.4, 0.5) is 0 Å². The highest BCUT2D eigenvalue weighted by molar-refractivity contribution is 5.72. The van der Waals surface area contributed by atoms with E-state index in [4.69, 9.17) is 5.11 Å². The Morgan fingerprint density at radius 1 is 1.26 bits per heavy atom. The molecule has 1 fully saturated rings. The van der Waals surface area contributed by atoms with Crippen molar-refractivity contribution in [2.45, 2.75) is 77.5 Å². The molecule has 0 aromatic heterocycles. The summed E-state index contributed by atoms with van der Waals surface area (Å²) in [4.78, 5) is 14.1. The predicted octanol–water partition coefficient (Wildman–Crippen LogP) is 1.09. The zero-order valence-electron chi connectivity index (χ0n) is 15.2. The lowest BCUT2D eigenvalue weighted by molar-refractivity contribution is -0.573. The molecule has 0 heterocycles. The number of amides is 1. The van der Waals surface area contributed by atoms with E-state index >= 15 is 0 Å². The summed E-state index contributed by atoms with van der Waals surface area (Å²) in [5.41, 5.74) is 0. The summed E-state index contributed by atoms with van der Waals surface area (Å²) in [6.07, 6.45) is 9.16. The van der Waals surface area contributed by atoms with Gasteiger partial charge in [0.25, 0.3) is 0 Å². The second-order valence-corrected chi connectivity index (χ2v) is 7.39. The molecule has 0 aromatic rings. The highest BCUT2D eigenvalue weighted by Gasteiger charge is 2.32. The van der Waals surface area contributed by atoms with Crippen LogP contribution in [0.2, 0.25) is 0 Å². The fraction of sp³-hybridized carbons (Fsp3) is 0.944. The molecule has 136 valence electrons. The van der Waals surface area contributed by atoms with Gasteiger partial charge in [0.05, 0.1) is 6.61 Å². The molecule has 0 aliphatic heterocycles. The molecule has 1 aliphatic carbocycles. The molecule has 0 bridgehead atoms. The van der Waals surface area contributed by atoms with Gasteiger partial charge in [0.1, 0.15) is 18.8 Å². The average Bonchev–Trinajstić information content (AvgIpc) is 2.53. The van der Waals surface area contributed by atoms with Gasteiger partial charge in [-0.05, 0) is 31.7 Å². The van der Waals surface area contributed by atoms with Gasteiger partial charge in [0.15, 0.2) is 0 Å². The number of carbonyl (C=O) groups is 1. The van der Waals surface area contributed by atoms with Crippen LogP contribution in [0.15, 0.2) is 0 Å².